The number of rotatable bonds is 7. The highest BCUT2D eigenvalue weighted by molar-refractivity contribution is 5.20. The Hall–Kier alpha value is -0.820. The van der Waals surface area contributed by atoms with Crippen molar-refractivity contribution in [2.75, 3.05) is 6.61 Å². The number of benzene rings is 1. The summed E-state index contributed by atoms with van der Waals surface area (Å²) >= 11 is 0. The molecule has 0 radical (unpaired) electrons. The Morgan fingerprint density at radius 2 is 1.73 bits per heavy atom. The minimum absolute atomic E-state index is 0.756. The number of aryl methyl sites for hydroxylation is 1. The maximum Gasteiger partial charge on any atom is 0.0716 e. The fraction of sp³-hybridized carbons (Fsp3) is 0.571. The van der Waals surface area contributed by atoms with E-state index in [-0.39, 0.29) is 0 Å². The standard InChI is InChI=1S/C14H22O/c1-3-4-5-6-11-15-12-14-9-7-13(2)8-10-14/h7-10H,3-6,11-12H2,1-2H3. The lowest BCUT2D eigenvalue weighted by molar-refractivity contribution is 0.117. The van der Waals surface area contributed by atoms with Gasteiger partial charge >= 0.3 is 0 Å². The van der Waals surface area contributed by atoms with E-state index >= 15 is 0 Å². The Labute approximate surface area is 93.5 Å². The molecule has 0 aromatic heterocycles. The second-order valence-electron chi connectivity index (χ2n) is 4.10. The Bertz CT molecular complexity index is 251. The van der Waals surface area contributed by atoms with Crippen LogP contribution in [0, 0.1) is 6.92 Å². The quantitative estimate of drug-likeness (QED) is 0.610. The molecule has 0 fully saturated rings. The summed E-state index contributed by atoms with van der Waals surface area (Å²) < 4.78 is 5.61. The first-order valence-electron chi connectivity index (χ1n) is 5.96. The van der Waals surface area contributed by atoms with Crippen molar-refractivity contribution in [1.82, 2.24) is 0 Å². The van der Waals surface area contributed by atoms with Crippen LogP contribution in [-0.4, -0.2) is 6.61 Å². The van der Waals surface area contributed by atoms with Crippen molar-refractivity contribution in [1.29, 1.82) is 0 Å². The van der Waals surface area contributed by atoms with Gasteiger partial charge in [-0.1, -0.05) is 56.0 Å². The lowest BCUT2D eigenvalue weighted by atomic mass is 10.2. The molecule has 0 aliphatic heterocycles. The molecule has 84 valence electrons. The Balaban J connectivity index is 2.07. The average molecular weight is 206 g/mol. The molecule has 0 saturated carbocycles. The van der Waals surface area contributed by atoms with Gasteiger partial charge in [0.25, 0.3) is 0 Å². The molecule has 0 heterocycles. The summed E-state index contributed by atoms with van der Waals surface area (Å²) in [5.41, 5.74) is 2.58. The zero-order valence-corrected chi connectivity index (χ0v) is 9.96. The largest absolute Gasteiger partial charge is 0.377 e. The van der Waals surface area contributed by atoms with Crippen molar-refractivity contribution >= 4 is 0 Å². The summed E-state index contributed by atoms with van der Waals surface area (Å²) in [4.78, 5) is 0. The van der Waals surface area contributed by atoms with Gasteiger partial charge in [-0.2, -0.15) is 0 Å². The van der Waals surface area contributed by atoms with E-state index in [0.29, 0.717) is 0 Å². The minimum atomic E-state index is 0.756. The molecule has 15 heavy (non-hydrogen) atoms. The first kappa shape index (κ1) is 12.3. The molecule has 0 aliphatic rings. The molecule has 1 aromatic carbocycles. The molecule has 0 aliphatic carbocycles. The average Bonchev–Trinajstić information content (AvgIpc) is 2.26. The van der Waals surface area contributed by atoms with Crippen LogP contribution in [0.25, 0.3) is 0 Å². The fourth-order valence-corrected chi connectivity index (χ4v) is 1.51. The predicted molar refractivity (Wildman–Crippen MR) is 65.0 cm³/mol. The summed E-state index contributed by atoms with van der Waals surface area (Å²) in [6.07, 6.45) is 5.11. The zero-order valence-electron chi connectivity index (χ0n) is 9.96. The second-order valence-corrected chi connectivity index (χ2v) is 4.10. The van der Waals surface area contributed by atoms with Crippen LogP contribution in [-0.2, 0) is 11.3 Å². The van der Waals surface area contributed by atoms with Gasteiger partial charge in [-0.05, 0) is 18.9 Å². The molecule has 1 rings (SSSR count). The van der Waals surface area contributed by atoms with Crippen molar-refractivity contribution in [2.24, 2.45) is 0 Å². The van der Waals surface area contributed by atoms with Crippen molar-refractivity contribution in [2.45, 2.75) is 46.1 Å². The summed E-state index contributed by atoms with van der Waals surface area (Å²) in [5.74, 6) is 0. The molecule has 0 spiro atoms. The van der Waals surface area contributed by atoms with Crippen LogP contribution in [0.1, 0.15) is 43.7 Å². The van der Waals surface area contributed by atoms with Crippen molar-refractivity contribution in [3.63, 3.8) is 0 Å². The van der Waals surface area contributed by atoms with Gasteiger partial charge in [0.15, 0.2) is 0 Å². The maximum absolute atomic E-state index is 5.61. The van der Waals surface area contributed by atoms with Crippen LogP contribution < -0.4 is 0 Å². The van der Waals surface area contributed by atoms with Crippen LogP contribution >= 0.6 is 0 Å². The third kappa shape index (κ3) is 5.58. The van der Waals surface area contributed by atoms with Gasteiger partial charge in [0, 0.05) is 6.61 Å². The SMILES string of the molecule is CCCCCCOCc1ccc(C)cc1. The predicted octanol–water partition coefficient (Wildman–Crippen LogP) is 4.09. The van der Waals surface area contributed by atoms with Gasteiger partial charge in [-0.3, -0.25) is 0 Å². The summed E-state index contributed by atoms with van der Waals surface area (Å²) in [7, 11) is 0. The first-order valence-corrected chi connectivity index (χ1v) is 5.96. The lowest BCUT2D eigenvalue weighted by Crippen LogP contribution is -1.95. The number of hydrogen-bond acceptors (Lipinski definition) is 1. The highest BCUT2D eigenvalue weighted by atomic mass is 16.5. The molecule has 0 atom stereocenters. The zero-order chi connectivity index (χ0) is 10.9. The second kappa shape index (κ2) is 7.47. The number of ether oxygens (including phenoxy) is 1. The summed E-state index contributed by atoms with van der Waals surface area (Å²) in [6.45, 7) is 5.99. The van der Waals surface area contributed by atoms with E-state index in [1.165, 1.54) is 36.8 Å². The van der Waals surface area contributed by atoms with E-state index in [4.69, 9.17) is 4.74 Å². The fourth-order valence-electron chi connectivity index (χ4n) is 1.51. The van der Waals surface area contributed by atoms with E-state index in [1.54, 1.807) is 0 Å². The maximum atomic E-state index is 5.61. The van der Waals surface area contributed by atoms with Crippen LogP contribution in [0.15, 0.2) is 24.3 Å². The van der Waals surface area contributed by atoms with E-state index in [0.717, 1.165) is 13.2 Å². The minimum Gasteiger partial charge on any atom is -0.377 e. The molecule has 0 bridgehead atoms. The number of unbranched alkanes of at least 4 members (excludes halogenated alkanes) is 3. The topological polar surface area (TPSA) is 9.23 Å². The number of hydrogen-bond donors (Lipinski definition) is 0. The van der Waals surface area contributed by atoms with Crippen LogP contribution in [0.4, 0.5) is 0 Å². The van der Waals surface area contributed by atoms with Crippen molar-refractivity contribution < 1.29 is 4.74 Å². The van der Waals surface area contributed by atoms with Gasteiger partial charge in [0.1, 0.15) is 0 Å². The van der Waals surface area contributed by atoms with Gasteiger partial charge in [-0.15, -0.1) is 0 Å². The molecular formula is C14H22O. The summed E-state index contributed by atoms with van der Waals surface area (Å²) in [5, 5.41) is 0. The van der Waals surface area contributed by atoms with Crippen molar-refractivity contribution in [3.8, 4) is 0 Å². The summed E-state index contributed by atoms with van der Waals surface area (Å²) in [6, 6.07) is 8.55. The molecule has 1 nitrogen and oxygen atoms in total. The van der Waals surface area contributed by atoms with Gasteiger partial charge in [0.05, 0.1) is 6.61 Å². The highest BCUT2D eigenvalue weighted by Crippen LogP contribution is 2.05. The van der Waals surface area contributed by atoms with Crippen LogP contribution in [0.3, 0.4) is 0 Å². The molecular weight excluding hydrogens is 184 g/mol. The normalized spacial score (nSPS) is 10.5. The molecule has 1 heteroatoms. The third-order valence-electron chi connectivity index (χ3n) is 2.53. The smallest absolute Gasteiger partial charge is 0.0716 e. The Morgan fingerprint density at radius 3 is 2.40 bits per heavy atom. The molecule has 1 aromatic rings. The first-order chi connectivity index (χ1) is 7.33. The molecule has 0 amide bonds. The molecule has 0 unspecified atom stereocenters. The highest BCUT2D eigenvalue weighted by Gasteiger charge is 1.93. The molecule has 0 saturated heterocycles. The van der Waals surface area contributed by atoms with Crippen molar-refractivity contribution in [3.05, 3.63) is 35.4 Å². The van der Waals surface area contributed by atoms with Gasteiger partial charge in [-0.25, -0.2) is 0 Å². The Morgan fingerprint density at radius 1 is 1.00 bits per heavy atom. The van der Waals surface area contributed by atoms with Gasteiger partial charge < -0.3 is 4.74 Å². The van der Waals surface area contributed by atoms with E-state index in [1.807, 2.05) is 0 Å². The van der Waals surface area contributed by atoms with E-state index < -0.39 is 0 Å². The third-order valence-corrected chi connectivity index (χ3v) is 2.53. The van der Waals surface area contributed by atoms with E-state index in [9.17, 15) is 0 Å². The lowest BCUT2D eigenvalue weighted by Gasteiger charge is -2.04. The van der Waals surface area contributed by atoms with Crippen LogP contribution in [0.2, 0.25) is 0 Å². The van der Waals surface area contributed by atoms with Gasteiger partial charge in [0.2, 0.25) is 0 Å². The van der Waals surface area contributed by atoms with E-state index in [2.05, 4.69) is 38.1 Å². The monoisotopic (exact) mass is 206 g/mol. The van der Waals surface area contributed by atoms with Crippen LogP contribution in [0.5, 0.6) is 0 Å². The Kier molecular flexibility index (Phi) is 6.10. The molecule has 0 N–H and O–H groups in total.